The first-order valence-electron chi connectivity index (χ1n) is 7.27. The summed E-state index contributed by atoms with van der Waals surface area (Å²) >= 11 is 4.12. The van der Waals surface area contributed by atoms with E-state index in [0.717, 1.165) is 24.3 Å². The van der Waals surface area contributed by atoms with Crippen LogP contribution in [0.4, 0.5) is 0 Å². The van der Waals surface area contributed by atoms with E-state index in [1.165, 1.54) is 53.4 Å². The zero-order chi connectivity index (χ0) is 13.5. The van der Waals surface area contributed by atoms with Gasteiger partial charge in [-0.1, -0.05) is 35.4 Å². The van der Waals surface area contributed by atoms with Crippen molar-refractivity contribution in [3.63, 3.8) is 0 Å². The molecule has 0 atom stereocenters. The highest BCUT2D eigenvalue weighted by atomic mass is 127. The Hall–Kier alpha value is -0.100. The van der Waals surface area contributed by atoms with Crippen LogP contribution in [0.5, 0.6) is 0 Å². The van der Waals surface area contributed by atoms with Crippen molar-refractivity contribution < 1.29 is 4.79 Å². The Morgan fingerprint density at radius 1 is 1.21 bits per heavy atom. The Bertz CT molecular complexity index is 393. The molecule has 0 aromatic carbocycles. The predicted octanol–water partition coefficient (Wildman–Crippen LogP) is 4.35. The van der Waals surface area contributed by atoms with Gasteiger partial charge >= 0.3 is 0 Å². The lowest BCUT2D eigenvalue weighted by Gasteiger charge is -2.08. The fraction of sp³-hybridized carbons (Fsp3) is 0.667. The number of nitrogens with one attached hydrogen (secondary N) is 1. The Labute approximate surface area is 133 Å². The summed E-state index contributed by atoms with van der Waals surface area (Å²) in [6.07, 6.45) is 9.81. The van der Waals surface area contributed by atoms with Gasteiger partial charge in [0.05, 0.1) is 4.88 Å². The van der Waals surface area contributed by atoms with Crippen molar-refractivity contribution >= 4 is 39.8 Å². The zero-order valence-corrected chi connectivity index (χ0v) is 14.3. The van der Waals surface area contributed by atoms with E-state index in [4.69, 9.17) is 0 Å². The number of thiophene rings is 1. The van der Waals surface area contributed by atoms with Crippen molar-refractivity contribution in [2.45, 2.75) is 51.4 Å². The fourth-order valence-electron chi connectivity index (χ4n) is 2.46. The lowest BCUT2D eigenvalue weighted by molar-refractivity contribution is 0.0957. The molecule has 0 unspecified atom stereocenters. The lowest BCUT2D eigenvalue weighted by atomic mass is 9.99. The van der Waals surface area contributed by atoms with Gasteiger partial charge in [-0.15, -0.1) is 11.3 Å². The van der Waals surface area contributed by atoms with Gasteiger partial charge in [0.2, 0.25) is 0 Å². The van der Waals surface area contributed by atoms with Gasteiger partial charge < -0.3 is 5.32 Å². The van der Waals surface area contributed by atoms with Gasteiger partial charge in [-0.05, 0) is 54.6 Å². The van der Waals surface area contributed by atoms with E-state index in [1.54, 1.807) is 11.3 Å². The van der Waals surface area contributed by atoms with E-state index >= 15 is 0 Å². The van der Waals surface area contributed by atoms with Gasteiger partial charge in [-0.25, -0.2) is 0 Å². The SMILES string of the molecule is O=C(NCCCCCCI)c1cc2c(s1)CCCC2. The smallest absolute Gasteiger partial charge is 0.261 e. The highest BCUT2D eigenvalue weighted by molar-refractivity contribution is 14.1. The summed E-state index contributed by atoms with van der Waals surface area (Å²) in [4.78, 5) is 14.4. The van der Waals surface area contributed by atoms with Crippen molar-refractivity contribution in [1.29, 1.82) is 0 Å². The summed E-state index contributed by atoms with van der Waals surface area (Å²) in [5, 5.41) is 3.05. The molecule has 1 heterocycles. The zero-order valence-electron chi connectivity index (χ0n) is 11.3. The van der Waals surface area contributed by atoms with E-state index in [1.807, 2.05) is 0 Å². The highest BCUT2D eigenvalue weighted by Crippen LogP contribution is 2.29. The molecule has 0 radical (unpaired) electrons. The first kappa shape index (κ1) is 15.3. The number of hydrogen-bond acceptors (Lipinski definition) is 2. The standard InChI is InChI=1S/C15H22INOS/c16-9-5-1-2-6-10-17-15(18)14-11-12-7-3-4-8-13(12)19-14/h11H,1-10H2,(H,17,18). The van der Waals surface area contributed by atoms with Crippen LogP contribution in [0.15, 0.2) is 6.07 Å². The minimum atomic E-state index is 0.133. The van der Waals surface area contributed by atoms with Crippen molar-refractivity contribution in [3.05, 3.63) is 21.4 Å². The molecule has 0 saturated carbocycles. The third-order valence-electron chi connectivity index (χ3n) is 3.57. The van der Waals surface area contributed by atoms with Crippen LogP contribution >= 0.6 is 33.9 Å². The molecular weight excluding hydrogens is 369 g/mol. The number of carbonyl (C=O) groups is 1. The minimum absolute atomic E-state index is 0.133. The first-order chi connectivity index (χ1) is 9.31. The van der Waals surface area contributed by atoms with Crippen molar-refractivity contribution in [2.24, 2.45) is 0 Å². The molecule has 1 N–H and O–H groups in total. The summed E-state index contributed by atoms with van der Waals surface area (Å²) in [6, 6.07) is 2.12. The van der Waals surface area contributed by atoms with Crippen LogP contribution in [0.3, 0.4) is 0 Å². The summed E-state index contributed by atoms with van der Waals surface area (Å²) in [6.45, 7) is 0.822. The summed E-state index contributed by atoms with van der Waals surface area (Å²) < 4.78 is 1.24. The third kappa shape index (κ3) is 4.74. The molecule has 19 heavy (non-hydrogen) atoms. The summed E-state index contributed by atoms with van der Waals surface area (Å²) in [5.74, 6) is 0.133. The average molecular weight is 391 g/mol. The molecule has 4 heteroatoms. The molecule has 1 aromatic heterocycles. The molecule has 1 aliphatic rings. The molecule has 0 bridgehead atoms. The number of halogens is 1. The van der Waals surface area contributed by atoms with Crippen LogP contribution in [0.1, 0.15) is 58.6 Å². The quantitative estimate of drug-likeness (QED) is 0.418. The maximum absolute atomic E-state index is 12.0. The second-order valence-electron chi connectivity index (χ2n) is 5.13. The monoisotopic (exact) mass is 391 g/mol. The Balaban J connectivity index is 1.72. The van der Waals surface area contributed by atoms with E-state index in [0.29, 0.717) is 0 Å². The second kappa shape index (κ2) is 8.25. The maximum atomic E-state index is 12.0. The van der Waals surface area contributed by atoms with Gasteiger partial charge in [0.25, 0.3) is 5.91 Å². The predicted molar refractivity (Wildman–Crippen MR) is 90.6 cm³/mol. The van der Waals surface area contributed by atoms with E-state index < -0.39 is 0 Å². The number of carbonyl (C=O) groups excluding carboxylic acids is 1. The molecule has 106 valence electrons. The lowest BCUT2D eigenvalue weighted by Crippen LogP contribution is -2.23. The van der Waals surface area contributed by atoms with Gasteiger partial charge in [0, 0.05) is 11.4 Å². The first-order valence-corrected chi connectivity index (χ1v) is 9.61. The van der Waals surface area contributed by atoms with Crippen LogP contribution in [0.25, 0.3) is 0 Å². The summed E-state index contributed by atoms with van der Waals surface area (Å²) in [5.41, 5.74) is 1.42. The van der Waals surface area contributed by atoms with Crippen LogP contribution in [-0.2, 0) is 12.8 Å². The van der Waals surface area contributed by atoms with Crippen LogP contribution in [0, 0.1) is 0 Å². The number of amides is 1. The molecule has 1 amide bonds. The van der Waals surface area contributed by atoms with E-state index in [-0.39, 0.29) is 5.91 Å². The molecule has 1 aliphatic carbocycles. The number of rotatable bonds is 7. The van der Waals surface area contributed by atoms with Crippen molar-refractivity contribution in [2.75, 3.05) is 11.0 Å². The topological polar surface area (TPSA) is 29.1 Å². The minimum Gasteiger partial charge on any atom is -0.351 e. The van der Waals surface area contributed by atoms with Gasteiger partial charge in [-0.3, -0.25) is 4.79 Å². The van der Waals surface area contributed by atoms with E-state index in [9.17, 15) is 4.79 Å². The van der Waals surface area contributed by atoms with Gasteiger partial charge in [-0.2, -0.15) is 0 Å². The molecule has 0 aliphatic heterocycles. The maximum Gasteiger partial charge on any atom is 0.261 e. The number of hydrogen-bond donors (Lipinski definition) is 1. The van der Waals surface area contributed by atoms with Crippen LogP contribution in [-0.4, -0.2) is 16.9 Å². The van der Waals surface area contributed by atoms with E-state index in [2.05, 4.69) is 34.0 Å². The van der Waals surface area contributed by atoms with Crippen LogP contribution in [0.2, 0.25) is 0 Å². The molecule has 2 rings (SSSR count). The number of unbranched alkanes of at least 4 members (excludes halogenated alkanes) is 3. The Morgan fingerprint density at radius 2 is 2.00 bits per heavy atom. The van der Waals surface area contributed by atoms with Crippen molar-refractivity contribution in [3.8, 4) is 0 Å². The largest absolute Gasteiger partial charge is 0.351 e. The van der Waals surface area contributed by atoms with Crippen molar-refractivity contribution in [1.82, 2.24) is 5.32 Å². The average Bonchev–Trinajstić information content (AvgIpc) is 2.86. The number of fused-ring (bicyclic) bond motifs is 1. The van der Waals surface area contributed by atoms with Gasteiger partial charge in [0.15, 0.2) is 0 Å². The fourth-order valence-corrected chi connectivity index (χ4v) is 4.17. The number of aryl methyl sites for hydroxylation is 2. The molecule has 0 fully saturated rings. The molecule has 1 aromatic rings. The normalized spacial score (nSPS) is 14.2. The Morgan fingerprint density at radius 3 is 2.79 bits per heavy atom. The number of alkyl halides is 1. The second-order valence-corrected chi connectivity index (χ2v) is 7.34. The highest BCUT2D eigenvalue weighted by Gasteiger charge is 2.16. The molecule has 0 spiro atoms. The molecule has 0 saturated heterocycles. The van der Waals surface area contributed by atoms with Crippen LogP contribution < -0.4 is 5.32 Å². The summed E-state index contributed by atoms with van der Waals surface area (Å²) in [7, 11) is 0. The van der Waals surface area contributed by atoms with Gasteiger partial charge in [0.1, 0.15) is 0 Å². The molecule has 2 nitrogen and oxygen atoms in total. The molecular formula is C15H22INOS. The third-order valence-corrected chi connectivity index (χ3v) is 5.57. The Kier molecular flexibility index (Phi) is 6.64.